The molecule has 6 nitrogen and oxygen atoms in total. The van der Waals surface area contributed by atoms with Crippen molar-refractivity contribution in [2.45, 2.75) is 5.66 Å². The number of rotatable bonds is 3. The minimum Gasteiger partial charge on any atom is -0.480 e. The molecule has 15 heavy (non-hydrogen) atoms. The number of allylic oxidation sites excluding steroid dienone is 2. The largest absolute Gasteiger partial charge is 0.480 e. The van der Waals surface area contributed by atoms with Gasteiger partial charge in [0.2, 0.25) is 5.91 Å². The smallest absolute Gasteiger partial charge is 0.323 e. The number of carboxylic acids is 1. The van der Waals surface area contributed by atoms with E-state index in [0.29, 0.717) is 0 Å². The average Bonchev–Trinajstić information content (AvgIpc) is 2.27. The van der Waals surface area contributed by atoms with E-state index < -0.39 is 32.5 Å². The van der Waals surface area contributed by atoms with Gasteiger partial charge in [0.25, 0.3) is 0 Å². The van der Waals surface area contributed by atoms with Crippen LogP contribution in [0.2, 0.25) is 0 Å². The van der Waals surface area contributed by atoms with E-state index in [1.807, 2.05) is 0 Å². The second-order valence-electron chi connectivity index (χ2n) is 2.88. The van der Waals surface area contributed by atoms with E-state index in [0.717, 1.165) is 4.90 Å². The van der Waals surface area contributed by atoms with Gasteiger partial charge >= 0.3 is 5.97 Å². The van der Waals surface area contributed by atoms with Crippen LogP contribution in [0.25, 0.3) is 0 Å². The van der Waals surface area contributed by atoms with Crippen LogP contribution in [0.5, 0.6) is 0 Å². The summed E-state index contributed by atoms with van der Waals surface area (Å²) in [5.74, 6) is -1.73. The molecule has 0 saturated carbocycles. The Morgan fingerprint density at radius 2 is 2.33 bits per heavy atom. The van der Waals surface area contributed by atoms with Crippen molar-refractivity contribution in [3.63, 3.8) is 0 Å². The molecule has 1 aliphatic rings. The van der Waals surface area contributed by atoms with Gasteiger partial charge in [-0.1, -0.05) is 0 Å². The van der Waals surface area contributed by atoms with Gasteiger partial charge in [-0.3, -0.25) is 14.2 Å². The summed E-state index contributed by atoms with van der Waals surface area (Å²) in [4.78, 5) is 23.0. The molecule has 0 radical (unpaired) electrons. The lowest BCUT2D eigenvalue weighted by Crippen LogP contribution is -2.37. The van der Waals surface area contributed by atoms with Crippen LogP contribution in [0.4, 0.5) is 0 Å². The molecule has 7 heteroatoms. The number of amides is 1. The Balaban J connectivity index is 2.91. The third-order valence-electron chi connectivity index (χ3n) is 1.80. The zero-order valence-corrected chi connectivity index (χ0v) is 8.55. The lowest BCUT2D eigenvalue weighted by atomic mass is 10.3. The van der Waals surface area contributed by atoms with Crippen LogP contribution < -0.4 is 5.73 Å². The highest BCUT2D eigenvalue weighted by atomic mass is 31.1. The summed E-state index contributed by atoms with van der Waals surface area (Å²) in [7, 11) is -0.441. The van der Waals surface area contributed by atoms with Gasteiger partial charge in [-0.25, -0.2) is 0 Å². The Hall–Kier alpha value is -1.68. The van der Waals surface area contributed by atoms with Crippen molar-refractivity contribution in [2.75, 3.05) is 6.54 Å². The summed E-state index contributed by atoms with van der Waals surface area (Å²) in [6, 6.07) is 0. The molecular weight excluding hydrogens is 219 g/mol. The Bertz CT molecular complexity index is 364. The first kappa shape index (κ1) is 11.4. The first-order valence-electron chi connectivity index (χ1n) is 4.05. The van der Waals surface area contributed by atoms with Gasteiger partial charge in [0, 0.05) is 11.9 Å². The van der Waals surface area contributed by atoms with Crippen LogP contribution in [0, 0.1) is 0 Å². The van der Waals surface area contributed by atoms with Crippen LogP contribution in [0.3, 0.4) is 0 Å². The molecular formula is C8H9N2O4P. The normalized spacial score (nSPS) is 21.3. The number of carboxylic acid groups (broad SMARTS) is 1. The Labute approximate surface area is 87.2 Å². The maximum Gasteiger partial charge on any atom is 0.323 e. The zero-order valence-electron chi connectivity index (χ0n) is 7.66. The molecule has 1 atom stereocenters. The second kappa shape index (κ2) is 4.70. The van der Waals surface area contributed by atoms with E-state index in [1.165, 1.54) is 18.4 Å². The topological polar surface area (TPSA) is 101 Å². The molecule has 1 unspecified atom stereocenters. The van der Waals surface area contributed by atoms with Gasteiger partial charge in [-0.2, -0.15) is 0 Å². The molecule has 0 spiro atoms. The zero-order chi connectivity index (χ0) is 11.4. The monoisotopic (exact) mass is 228 g/mol. The van der Waals surface area contributed by atoms with E-state index in [2.05, 4.69) is 0 Å². The quantitative estimate of drug-likeness (QED) is 0.658. The van der Waals surface area contributed by atoms with Gasteiger partial charge in [-0.15, -0.1) is 0 Å². The van der Waals surface area contributed by atoms with Crippen LogP contribution in [0.1, 0.15) is 0 Å². The molecule has 0 aromatic carbocycles. The van der Waals surface area contributed by atoms with Gasteiger partial charge in [-0.05, 0) is 12.2 Å². The molecule has 0 aromatic rings. The minimum absolute atomic E-state index is 0.154. The number of carbonyl (C=O) groups excluding carboxylic acids is 1. The number of nitrogens with two attached hydrogens (primary N) is 1. The Kier molecular flexibility index (Phi) is 3.57. The van der Waals surface area contributed by atoms with Crippen molar-refractivity contribution in [1.29, 1.82) is 0 Å². The summed E-state index contributed by atoms with van der Waals surface area (Å²) < 4.78 is 10.7. The van der Waals surface area contributed by atoms with Gasteiger partial charge in [0.15, 0.2) is 14.1 Å². The summed E-state index contributed by atoms with van der Waals surface area (Å²) >= 11 is 0. The predicted octanol–water partition coefficient (Wildman–Crippen LogP) is -0.0702. The molecule has 0 aliphatic carbocycles. The third-order valence-corrected chi connectivity index (χ3v) is 2.53. The molecule has 0 fully saturated rings. The van der Waals surface area contributed by atoms with Crippen molar-refractivity contribution in [3.8, 4) is 0 Å². The standard InChI is InChI=1S/C8H9N2O4P/c9-5-2-1-3-10(4-6(11)12)8(13)7(5)15-14/h1-3,7H,4,9H2,(H,11,12). The molecule has 1 aliphatic heterocycles. The number of nitrogens with zero attached hydrogens (tertiary/aromatic N) is 1. The molecule has 80 valence electrons. The number of hydrogen-bond donors (Lipinski definition) is 2. The maximum absolute atomic E-state index is 11.6. The molecule has 0 bridgehead atoms. The van der Waals surface area contributed by atoms with Crippen LogP contribution in [-0.4, -0.2) is 34.1 Å². The Morgan fingerprint density at radius 1 is 1.67 bits per heavy atom. The number of carbonyl (C=O) groups is 2. The Morgan fingerprint density at radius 3 is 2.87 bits per heavy atom. The molecule has 1 rings (SSSR count). The molecule has 0 saturated heterocycles. The van der Waals surface area contributed by atoms with E-state index in [-0.39, 0.29) is 5.70 Å². The first-order chi connectivity index (χ1) is 7.06. The first-order valence-corrected chi connectivity index (χ1v) is 4.93. The van der Waals surface area contributed by atoms with E-state index in [9.17, 15) is 14.2 Å². The van der Waals surface area contributed by atoms with Gasteiger partial charge in [0.05, 0.1) is 0 Å². The van der Waals surface area contributed by atoms with Crippen molar-refractivity contribution < 1.29 is 19.3 Å². The van der Waals surface area contributed by atoms with Crippen LogP contribution in [-0.2, 0) is 14.2 Å². The minimum atomic E-state index is -1.14. The summed E-state index contributed by atoms with van der Waals surface area (Å²) in [5.41, 5.74) is 4.63. The highest BCUT2D eigenvalue weighted by Gasteiger charge is 2.28. The number of aliphatic carboxylic acids is 1. The second-order valence-corrected chi connectivity index (χ2v) is 3.60. The van der Waals surface area contributed by atoms with Crippen LogP contribution in [0.15, 0.2) is 24.0 Å². The highest BCUT2D eigenvalue weighted by molar-refractivity contribution is 7.26. The van der Waals surface area contributed by atoms with Crippen molar-refractivity contribution in [2.24, 2.45) is 5.73 Å². The molecule has 1 amide bonds. The van der Waals surface area contributed by atoms with Crippen molar-refractivity contribution >= 4 is 20.3 Å². The fourth-order valence-corrected chi connectivity index (χ4v) is 1.55. The fraction of sp³-hybridized carbons (Fsp3) is 0.250. The highest BCUT2D eigenvalue weighted by Crippen LogP contribution is 2.18. The lowest BCUT2D eigenvalue weighted by molar-refractivity contribution is -0.142. The average molecular weight is 228 g/mol. The van der Waals surface area contributed by atoms with E-state index in [1.54, 1.807) is 0 Å². The van der Waals surface area contributed by atoms with Gasteiger partial charge < -0.3 is 15.7 Å². The summed E-state index contributed by atoms with van der Waals surface area (Å²) in [6.45, 7) is -0.470. The molecule has 3 N–H and O–H groups in total. The predicted molar refractivity (Wildman–Crippen MR) is 52.2 cm³/mol. The van der Waals surface area contributed by atoms with Crippen molar-refractivity contribution in [3.05, 3.63) is 24.0 Å². The van der Waals surface area contributed by atoms with Gasteiger partial charge in [0.1, 0.15) is 6.54 Å². The maximum atomic E-state index is 11.6. The van der Waals surface area contributed by atoms with Crippen LogP contribution >= 0.6 is 8.46 Å². The number of hydrogen-bond acceptors (Lipinski definition) is 4. The lowest BCUT2D eigenvalue weighted by Gasteiger charge is -2.17. The SMILES string of the molecule is NC1=CC=CN(CC(=O)O)C(=O)C1P=O. The molecule has 1 heterocycles. The van der Waals surface area contributed by atoms with E-state index >= 15 is 0 Å². The third kappa shape index (κ3) is 2.63. The molecule has 0 aromatic heterocycles. The van der Waals surface area contributed by atoms with Crippen molar-refractivity contribution in [1.82, 2.24) is 4.90 Å². The fourth-order valence-electron chi connectivity index (χ4n) is 1.10. The van der Waals surface area contributed by atoms with E-state index in [4.69, 9.17) is 10.8 Å². The summed E-state index contributed by atoms with van der Waals surface area (Å²) in [6.07, 6.45) is 4.17. The summed E-state index contributed by atoms with van der Waals surface area (Å²) in [5, 5.41) is 8.54.